The van der Waals surface area contributed by atoms with Crippen LogP contribution in [0.3, 0.4) is 0 Å². The lowest BCUT2D eigenvalue weighted by molar-refractivity contribution is 0.217. The van der Waals surface area contributed by atoms with Gasteiger partial charge in [0.15, 0.2) is 0 Å². The Labute approximate surface area is 123 Å². The second-order valence-electron chi connectivity index (χ2n) is 4.60. The van der Waals surface area contributed by atoms with E-state index in [1.54, 1.807) is 11.8 Å². The zero-order chi connectivity index (χ0) is 14.0. The molecule has 19 heavy (non-hydrogen) atoms. The summed E-state index contributed by atoms with van der Waals surface area (Å²) in [4.78, 5) is 1.07. The molecular formula is C16H17ClOS. The third-order valence-corrected chi connectivity index (χ3v) is 4.48. The summed E-state index contributed by atoms with van der Waals surface area (Å²) in [6, 6.07) is 11.8. The van der Waals surface area contributed by atoms with Crippen molar-refractivity contribution in [2.24, 2.45) is 0 Å². The summed E-state index contributed by atoms with van der Waals surface area (Å²) in [5.74, 6) is 0. The van der Waals surface area contributed by atoms with Gasteiger partial charge in [-0.1, -0.05) is 35.9 Å². The molecule has 0 aliphatic carbocycles. The highest BCUT2D eigenvalue weighted by Gasteiger charge is 2.17. The lowest BCUT2D eigenvalue weighted by Gasteiger charge is -2.17. The normalized spacial score (nSPS) is 12.5. The fourth-order valence-electron chi connectivity index (χ4n) is 2.07. The molecule has 1 N–H and O–H groups in total. The van der Waals surface area contributed by atoms with Crippen molar-refractivity contribution in [2.75, 3.05) is 6.26 Å². The lowest BCUT2D eigenvalue weighted by Crippen LogP contribution is -2.03. The first-order valence-electron chi connectivity index (χ1n) is 6.12. The third kappa shape index (κ3) is 2.97. The zero-order valence-corrected chi connectivity index (χ0v) is 12.8. The molecule has 1 unspecified atom stereocenters. The number of aliphatic hydroxyl groups excluding tert-OH is 1. The molecule has 0 heterocycles. The van der Waals surface area contributed by atoms with E-state index in [4.69, 9.17) is 11.6 Å². The molecule has 1 atom stereocenters. The van der Waals surface area contributed by atoms with E-state index >= 15 is 0 Å². The molecule has 0 saturated carbocycles. The fraction of sp³-hybridized carbons (Fsp3) is 0.250. The Morgan fingerprint density at radius 2 is 1.68 bits per heavy atom. The molecule has 1 nitrogen and oxygen atoms in total. The second kappa shape index (κ2) is 6.00. The minimum Gasteiger partial charge on any atom is -0.384 e. The summed E-state index contributed by atoms with van der Waals surface area (Å²) in [5.41, 5.74) is 3.95. The monoisotopic (exact) mass is 292 g/mol. The molecule has 100 valence electrons. The Balaban J connectivity index is 2.50. The van der Waals surface area contributed by atoms with Crippen LogP contribution in [0.1, 0.15) is 28.4 Å². The van der Waals surface area contributed by atoms with Crippen LogP contribution in [0.2, 0.25) is 5.02 Å². The van der Waals surface area contributed by atoms with Gasteiger partial charge in [-0.15, -0.1) is 11.8 Å². The van der Waals surface area contributed by atoms with Crippen LogP contribution in [0.25, 0.3) is 0 Å². The van der Waals surface area contributed by atoms with E-state index in [-0.39, 0.29) is 0 Å². The minimum absolute atomic E-state index is 0.617. The van der Waals surface area contributed by atoms with Crippen molar-refractivity contribution in [3.63, 3.8) is 0 Å². The highest BCUT2D eigenvalue weighted by molar-refractivity contribution is 7.98. The van der Waals surface area contributed by atoms with Crippen LogP contribution in [0.15, 0.2) is 41.3 Å². The fourth-order valence-corrected chi connectivity index (χ4v) is 3.02. The molecule has 2 aromatic rings. The molecule has 0 saturated heterocycles. The predicted octanol–water partition coefficient (Wildman–Crippen LogP) is 4.76. The van der Waals surface area contributed by atoms with Crippen molar-refractivity contribution in [3.05, 3.63) is 63.7 Å². The smallest absolute Gasteiger partial charge is 0.107 e. The number of benzene rings is 2. The molecule has 0 amide bonds. The summed E-state index contributed by atoms with van der Waals surface area (Å²) in [5, 5.41) is 11.2. The summed E-state index contributed by atoms with van der Waals surface area (Å²) >= 11 is 7.90. The second-order valence-corrected chi connectivity index (χ2v) is 5.86. The summed E-state index contributed by atoms with van der Waals surface area (Å²) in [7, 11) is 0. The van der Waals surface area contributed by atoms with E-state index in [9.17, 15) is 5.11 Å². The molecule has 0 spiro atoms. The average Bonchev–Trinajstić information content (AvgIpc) is 2.42. The van der Waals surface area contributed by atoms with Gasteiger partial charge >= 0.3 is 0 Å². The molecule has 0 radical (unpaired) electrons. The van der Waals surface area contributed by atoms with E-state index < -0.39 is 6.10 Å². The Morgan fingerprint density at radius 1 is 1.05 bits per heavy atom. The highest BCUT2D eigenvalue weighted by atomic mass is 35.5. The van der Waals surface area contributed by atoms with Crippen LogP contribution in [0.4, 0.5) is 0 Å². The summed E-state index contributed by atoms with van der Waals surface area (Å²) in [6.07, 6.45) is 1.32. The van der Waals surface area contributed by atoms with Gasteiger partial charge in [-0.05, 0) is 48.9 Å². The maximum atomic E-state index is 10.6. The standard InChI is InChI=1S/C16H17ClOS/c1-10-8-13(14(17)9-11(10)2)16(18)12-6-4-5-7-15(12)19-3/h4-9,16,18H,1-3H3. The molecule has 0 bridgehead atoms. The van der Waals surface area contributed by atoms with Gasteiger partial charge in [0.1, 0.15) is 6.10 Å². The molecule has 2 aromatic carbocycles. The van der Waals surface area contributed by atoms with Crippen LogP contribution in [-0.2, 0) is 0 Å². The van der Waals surface area contributed by atoms with Gasteiger partial charge in [0.05, 0.1) is 0 Å². The van der Waals surface area contributed by atoms with E-state index in [1.165, 1.54) is 0 Å². The van der Waals surface area contributed by atoms with Gasteiger partial charge in [0.2, 0.25) is 0 Å². The predicted molar refractivity (Wildman–Crippen MR) is 83.2 cm³/mol. The lowest BCUT2D eigenvalue weighted by atomic mass is 9.98. The van der Waals surface area contributed by atoms with Crippen molar-refractivity contribution in [2.45, 2.75) is 24.8 Å². The van der Waals surface area contributed by atoms with Gasteiger partial charge in [-0.2, -0.15) is 0 Å². The number of thioether (sulfide) groups is 1. The van der Waals surface area contributed by atoms with Crippen LogP contribution in [-0.4, -0.2) is 11.4 Å². The topological polar surface area (TPSA) is 20.2 Å². The SMILES string of the molecule is CSc1ccccc1C(O)c1cc(C)c(C)cc1Cl. The van der Waals surface area contributed by atoms with E-state index in [2.05, 4.69) is 0 Å². The maximum Gasteiger partial charge on any atom is 0.107 e. The van der Waals surface area contributed by atoms with Crippen LogP contribution < -0.4 is 0 Å². The maximum absolute atomic E-state index is 10.6. The minimum atomic E-state index is -0.685. The highest BCUT2D eigenvalue weighted by Crippen LogP contribution is 2.34. The molecule has 3 heteroatoms. The third-order valence-electron chi connectivity index (χ3n) is 3.34. The largest absolute Gasteiger partial charge is 0.384 e. The number of aryl methyl sites for hydroxylation is 2. The number of halogens is 1. The zero-order valence-electron chi connectivity index (χ0n) is 11.3. The molecule has 0 aromatic heterocycles. The Bertz CT molecular complexity index is 595. The Morgan fingerprint density at radius 3 is 2.37 bits per heavy atom. The first kappa shape index (κ1) is 14.4. The van der Waals surface area contributed by atoms with E-state index in [0.717, 1.165) is 27.1 Å². The first-order valence-corrected chi connectivity index (χ1v) is 7.72. The molecular weight excluding hydrogens is 276 g/mol. The number of rotatable bonds is 3. The Hall–Kier alpha value is -0.960. The van der Waals surface area contributed by atoms with Gasteiger partial charge in [-0.3, -0.25) is 0 Å². The number of hydrogen-bond donors (Lipinski definition) is 1. The Kier molecular flexibility index (Phi) is 4.56. The van der Waals surface area contributed by atoms with Gasteiger partial charge in [-0.25, -0.2) is 0 Å². The average molecular weight is 293 g/mol. The van der Waals surface area contributed by atoms with Crippen molar-refractivity contribution in [1.82, 2.24) is 0 Å². The van der Waals surface area contributed by atoms with Crippen molar-refractivity contribution < 1.29 is 5.11 Å². The van der Waals surface area contributed by atoms with E-state index in [1.807, 2.05) is 56.5 Å². The number of aliphatic hydroxyl groups is 1. The molecule has 2 rings (SSSR count). The van der Waals surface area contributed by atoms with Gasteiger partial charge < -0.3 is 5.11 Å². The quantitative estimate of drug-likeness (QED) is 0.823. The summed E-state index contributed by atoms with van der Waals surface area (Å²) < 4.78 is 0. The molecule has 0 aliphatic heterocycles. The summed E-state index contributed by atoms with van der Waals surface area (Å²) in [6.45, 7) is 4.05. The van der Waals surface area contributed by atoms with E-state index in [0.29, 0.717) is 5.02 Å². The van der Waals surface area contributed by atoms with Crippen LogP contribution >= 0.6 is 23.4 Å². The molecule has 0 aliphatic rings. The van der Waals surface area contributed by atoms with Gasteiger partial charge in [0.25, 0.3) is 0 Å². The van der Waals surface area contributed by atoms with Crippen molar-refractivity contribution >= 4 is 23.4 Å². The number of hydrogen-bond acceptors (Lipinski definition) is 2. The van der Waals surface area contributed by atoms with Crippen molar-refractivity contribution in [1.29, 1.82) is 0 Å². The first-order chi connectivity index (χ1) is 9.04. The van der Waals surface area contributed by atoms with Gasteiger partial charge in [0, 0.05) is 15.5 Å². The van der Waals surface area contributed by atoms with Crippen LogP contribution in [0.5, 0.6) is 0 Å². The molecule has 0 fully saturated rings. The van der Waals surface area contributed by atoms with Crippen LogP contribution in [0, 0.1) is 13.8 Å². The van der Waals surface area contributed by atoms with Crippen molar-refractivity contribution in [3.8, 4) is 0 Å².